The number of hydrogen-bond acceptors (Lipinski definition) is 6. The zero-order chi connectivity index (χ0) is 25.1. The summed E-state index contributed by atoms with van der Waals surface area (Å²) in [6.45, 7) is 15.4. The van der Waals surface area contributed by atoms with Crippen LogP contribution in [0.5, 0.6) is 0 Å². The Labute approximate surface area is 192 Å². The van der Waals surface area contributed by atoms with Crippen LogP contribution in [-0.4, -0.2) is 61.1 Å². The average Bonchev–Trinajstić information content (AvgIpc) is 2.63. The van der Waals surface area contributed by atoms with E-state index in [2.05, 4.69) is 21.3 Å². The summed E-state index contributed by atoms with van der Waals surface area (Å²) in [7, 11) is 0. The lowest BCUT2D eigenvalue weighted by atomic mass is 9.97. The number of carbonyl (C=O) groups excluding carboxylic acids is 4. The first-order valence-electron chi connectivity index (χ1n) is 11.1. The molecule has 0 fully saturated rings. The lowest BCUT2D eigenvalue weighted by Gasteiger charge is -2.31. The quantitative estimate of drug-likeness (QED) is 0.218. The van der Waals surface area contributed by atoms with Gasteiger partial charge in [-0.3, -0.25) is 14.4 Å². The Hall–Kier alpha value is -2.36. The summed E-state index contributed by atoms with van der Waals surface area (Å²) in [5.74, 6) is -1.02. The van der Waals surface area contributed by atoms with Crippen LogP contribution >= 0.6 is 0 Å². The predicted molar refractivity (Wildman–Crippen MR) is 124 cm³/mol. The molecule has 186 valence electrons. The SMILES string of the molecule is CC(C)C(NC(C)(C)C)C(=O)NC(CCCNC(N)=O)C(=O)NCCOC(=O)C(C)(C)C. The van der Waals surface area contributed by atoms with Gasteiger partial charge in [0.1, 0.15) is 12.6 Å². The number of rotatable bonds is 12. The van der Waals surface area contributed by atoms with Crippen LogP contribution in [0, 0.1) is 11.3 Å². The number of nitrogens with one attached hydrogen (secondary N) is 4. The Morgan fingerprint density at radius 1 is 0.906 bits per heavy atom. The highest BCUT2D eigenvalue weighted by Crippen LogP contribution is 2.14. The number of nitrogens with two attached hydrogens (primary N) is 1. The number of hydrogen-bond donors (Lipinski definition) is 5. The van der Waals surface area contributed by atoms with E-state index in [0.717, 1.165) is 0 Å². The van der Waals surface area contributed by atoms with Gasteiger partial charge in [0.25, 0.3) is 0 Å². The van der Waals surface area contributed by atoms with E-state index in [0.29, 0.717) is 12.8 Å². The Kier molecular flexibility index (Phi) is 12.3. The molecule has 0 aromatic rings. The summed E-state index contributed by atoms with van der Waals surface area (Å²) < 4.78 is 5.15. The molecule has 6 N–H and O–H groups in total. The Morgan fingerprint density at radius 3 is 1.97 bits per heavy atom. The third-order valence-electron chi connectivity index (χ3n) is 4.39. The van der Waals surface area contributed by atoms with Crippen molar-refractivity contribution in [1.82, 2.24) is 21.3 Å². The molecular formula is C22H43N5O5. The zero-order valence-electron chi connectivity index (χ0n) is 20.9. The van der Waals surface area contributed by atoms with Crippen molar-refractivity contribution in [2.75, 3.05) is 19.7 Å². The van der Waals surface area contributed by atoms with Crippen molar-refractivity contribution in [3.05, 3.63) is 0 Å². The molecule has 0 aromatic heterocycles. The minimum absolute atomic E-state index is 0.00581. The molecule has 0 saturated heterocycles. The van der Waals surface area contributed by atoms with Crippen LogP contribution in [0.3, 0.4) is 0 Å². The van der Waals surface area contributed by atoms with Gasteiger partial charge in [0.2, 0.25) is 11.8 Å². The van der Waals surface area contributed by atoms with Crippen molar-refractivity contribution in [2.45, 2.75) is 85.9 Å². The molecule has 10 heteroatoms. The first kappa shape index (κ1) is 29.6. The molecule has 10 nitrogen and oxygen atoms in total. The molecule has 0 aromatic carbocycles. The fourth-order valence-electron chi connectivity index (χ4n) is 2.71. The summed E-state index contributed by atoms with van der Waals surface area (Å²) in [6, 6.07) is -1.94. The normalized spacial score (nSPS) is 13.8. The summed E-state index contributed by atoms with van der Waals surface area (Å²) in [6.07, 6.45) is 0.749. The minimum atomic E-state index is -0.807. The van der Waals surface area contributed by atoms with Crippen LogP contribution in [0.15, 0.2) is 0 Å². The van der Waals surface area contributed by atoms with E-state index in [1.165, 1.54) is 0 Å². The van der Waals surface area contributed by atoms with Crippen molar-refractivity contribution in [3.8, 4) is 0 Å². The Morgan fingerprint density at radius 2 is 1.50 bits per heavy atom. The highest BCUT2D eigenvalue weighted by atomic mass is 16.5. The van der Waals surface area contributed by atoms with Crippen LogP contribution in [0.2, 0.25) is 0 Å². The van der Waals surface area contributed by atoms with Crippen molar-refractivity contribution < 1.29 is 23.9 Å². The van der Waals surface area contributed by atoms with E-state index in [-0.39, 0.29) is 48.9 Å². The summed E-state index contributed by atoms with van der Waals surface area (Å²) in [4.78, 5) is 48.4. The fraction of sp³-hybridized carbons (Fsp3) is 0.818. The molecule has 0 aliphatic heterocycles. The number of primary amides is 1. The molecule has 0 aliphatic carbocycles. The van der Waals surface area contributed by atoms with Gasteiger partial charge in [-0.2, -0.15) is 0 Å². The summed E-state index contributed by atoms with van der Waals surface area (Å²) >= 11 is 0. The molecule has 0 rings (SSSR count). The van der Waals surface area contributed by atoms with E-state index >= 15 is 0 Å². The van der Waals surface area contributed by atoms with Crippen molar-refractivity contribution >= 4 is 23.8 Å². The van der Waals surface area contributed by atoms with Gasteiger partial charge < -0.3 is 31.7 Å². The average molecular weight is 458 g/mol. The van der Waals surface area contributed by atoms with Crippen LogP contribution in [0.25, 0.3) is 0 Å². The molecule has 0 heterocycles. The second kappa shape index (κ2) is 13.2. The van der Waals surface area contributed by atoms with Gasteiger partial charge in [-0.25, -0.2) is 4.79 Å². The van der Waals surface area contributed by atoms with Crippen molar-refractivity contribution in [1.29, 1.82) is 0 Å². The molecule has 32 heavy (non-hydrogen) atoms. The van der Waals surface area contributed by atoms with Crippen molar-refractivity contribution in [3.63, 3.8) is 0 Å². The largest absolute Gasteiger partial charge is 0.463 e. The highest BCUT2D eigenvalue weighted by Gasteiger charge is 2.30. The molecule has 4 amide bonds. The molecule has 0 spiro atoms. The zero-order valence-corrected chi connectivity index (χ0v) is 20.9. The van der Waals surface area contributed by atoms with E-state index in [1.54, 1.807) is 20.8 Å². The number of urea groups is 1. The van der Waals surface area contributed by atoms with Crippen molar-refractivity contribution in [2.24, 2.45) is 17.1 Å². The molecule has 2 unspecified atom stereocenters. The predicted octanol–water partition coefficient (Wildman–Crippen LogP) is 1.04. The minimum Gasteiger partial charge on any atom is -0.463 e. The van der Waals surface area contributed by atoms with Gasteiger partial charge in [-0.15, -0.1) is 0 Å². The standard InChI is InChI=1S/C22H43N5O5/c1-14(2)16(27-22(6,7)8)18(29)26-15(10-9-11-25-20(23)31)17(28)24-12-13-32-19(30)21(3,4)5/h14-16,27H,9-13H2,1-8H3,(H,24,28)(H,26,29)(H3,23,25,31). The smallest absolute Gasteiger partial charge is 0.312 e. The number of ether oxygens (including phenoxy) is 1. The molecule has 0 aliphatic rings. The van der Waals surface area contributed by atoms with Gasteiger partial charge in [0.15, 0.2) is 0 Å². The summed E-state index contributed by atoms with van der Waals surface area (Å²) in [5, 5.41) is 11.3. The lowest BCUT2D eigenvalue weighted by molar-refractivity contribution is -0.153. The third-order valence-corrected chi connectivity index (χ3v) is 4.39. The van der Waals surface area contributed by atoms with E-state index in [9.17, 15) is 19.2 Å². The maximum atomic E-state index is 12.9. The van der Waals surface area contributed by atoms with Gasteiger partial charge in [0.05, 0.1) is 18.0 Å². The van der Waals surface area contributed by atoms with Crippen LogP contribution in [-0.2, 0) is 19.1 Å². The molecule has 2 atom stereocenters. The van der Waals surface area contributed by atoms with Crippen LogP contribution in [0.4, 0.5) is 4.79 Å². The van der Waals surface area contributed by atoms with Gasteiger partial charge >= 0.3 is 12.0 Å². The molecule has 0 bridgehead atoms. The first-order chi connectivity index (χ1) is 14.5. The first-order valence-corrected chi connectivity index (χ1v) is 11.1. The van der Waals surface area contributed by atoms with E-state index < -0.39 is 23.5 Å². The fourth-order valence-corrected chi connectivity index (χ4v) is 2.71. The highest BCUT2D eigenvalue weighted by molar-refractivity contribution is 5.90. The van der Waals surface area contributed by atoms with Gasteiger partial charge in [0, 0.05) is 12.1 Å². The molecule has 0 saturated carbocycles. The second-order valence-electron chi connectivity index (χ2n) is 10.3. The number of carbonyl (C=O) groups is 4. The number of esters is 1. The lowest BCUT2D eigenvalue weighted by Crippen LogP contribution is -2.58. The van der Waals surface area contributed by atoms with E-state index in [1.807, 2.05) is 34.6 Å². The molecule has 0 radical (unpaired) electrons. The van der Waals surface area contributed by atoms with Crippen LogP contribution in [0.1, 0.15) is 68.2 Å². The molecular weight excluding hydrogens is 414 g/mol. The van der Waals surface area contributed by atoms with Crippen LogP contribution < -0.4 is 27.0 Å². The van der Waals surface area contributed by atoms with Gasteiger partial charge in [-0.05, 0) is 60.3 Å². The maximum Gasteiger partial charge on any atom is 0.312 e. The van der Waals surface area contributed by atoms with Gasteiger partial charge in [-0.1, -0.05) is 13.8 Å². The van der Waals surface area contributed by atoms with E-state index in [4.69, 9.17) is 10.5 Å². The monoisotopic (exact) mass is 457 g/mol. The second-order valence-corrected chi connectivity index (χ2v) is 10.3. The Balaban J connectivity index is 5.04. The topological polar surface area (TPSA) is 152 Å². The summed E-state index contributed by atoms with van der Waals surface area (Å²) in [5.41, 5.74) is 4.16. The Bertz CT molecular complexity index is 638. The third kappa shape index (κ3) is 13.1. The maximum absolute atomic E-state index is 12.9. The number of amides is 4.